The Morgan fingerprint density at radius 2 is 2.00 bits per heavy atom. The minimum atomic E-state index is -0.909. The van der Waals surface area contributed by atoms with Gasteiger partial charge in [0, 0.05) is 31.2 Å². The zero-order chi connectivity index (χ0) is 19.6. The molecule has 1 saturated heterocycles. The second-order valence-corrected chi connectivity index (χ2v) is 8.14. The van der Waals surface area contributed by atoms with E-state index in [4.69, 9.17) is 0 Å². The zero-order valence-corrected chi connectivity index (χ0v) is 16.2. The number of hydrogen-bond donors (Lipinski definition) is 1. The van der Waals surface area contributed by atoms with Gasteiger partial charge in [0.1, 0.15) is 6.20 Å². The molecule has 0 radical (unpaired) electrons. The largest absolute Gasteiger partial charge is 0.465 e. The second-order valence-electron chi connectivity index (χ2n) is 8.14. The molecule has 26 heavy (non-hydrogen) atoms. The van der Waals surface area contributed by atoms with Crippen LogP contribution in [0.4, 0.5) is 16.3 Å². The third-order valence-corrected chi connectivity index (χ3v) is 4.83. The molecule has 0 aromatic carbocycles. The summed E-state index contributed by atoms with van der Waals surface area (Å²) in [5.41, 5.74) is -0.420. The molecule has 1 amide bonds. The van der Waals surface area contributed by atoms with Crippen LogP contribution in [0.1, 0.15) is 53.5 Å². The summed E-state index contributed by atoms with van der Waals surface area (Å²) in [7, 11) is 0. The third-order valence-electron chi connectivity index (χ3n) is 4.83. The Bertz CT molecular complexity index is 657. The predicted molar refractivity (Wildman–Crippen MR) is 98.7 cm³/mol. The van der Waals surface area contributed by atoms with Crippen LogP contribution in [0.5, 0.6) is 0 Å². The molecule has 1 aliphatic heterocycles. The lowest BCUT2D eigenvalue weighted by Crippen LogP contribution is -2.49. The van der Waals surface area contributed by atoms with E-state index in [-0.39, 0.29) is 22.6 Å². The Hall–Kier alpha value is -2.32. The Labute approximate surface area is 153 Å². The molecule has 1 aromatic heterocycles. The minimum absolute atomic E-state index is 0.0269. The number of carboxylic acid groups (broad SMARTS) is 1. The molecule has 2 heterocycles. The molecule has 0 aliphatic carbocycles. The molecular formula is C17H29N5O4. The van der Waals surface area contributed by atoms with Gasteiger partial charge in [0.25, 0.3) is 0 Å². The van der Waals surface area contributed by atoms with Crippen molar-refractivity contribution in [2.24, 2.45) is 5.92 Å². The molecule has 1 aliphatic rings. The van der Waals surface area contributed by atoms with Gasteiger partial charge < -0.3 is 14.9 Å². The standard InChI is InChI=1S/C17H29N5O4/c1-12(2)21-15(14(10-18-21)22(25)26)19-8-6-13(7-9-19)11-20(16(23)24)17(3,4)5/h10,12-13H,6-9,11H2,1-5H3,(H,23,24). The Balaban J connectivity index is 2.10. The first kappa shape index (κ1) is 20.0. The van der Waals surface area contributed by atoms with Crippen molar-refractivity contribution in [1.29, 1.82) is 0 Å². The summed E-state index contributed by atoms with van der Waals surface area (Å²) in [5.74, 6) is 0.797. The number of hydrogen-bond acceptors (Lipinski definition) is 5. The first-order chi connectivity index (χ1) is 12.0. The lowest BCUT2D eigenvalue weighted by atomic mass is 9.94. The molecule has 0 unspecified atom stereocenters. The van der Waals surface area contributed by atoms with Gasteiger partial charge in [-0.2, -0.15) is 5.10 Å². The lowest BCUT2D eigenvalue weighted by Gasteiger charge is -2.39. The summed E-state index contributed by atoms with van der Waals surface area (Å²) in [6.45, 7) is 11.4. The third kappa shape index (κ3) is 4.25. The van der Waals surface area contributed by atoms with Gasteiger partial charge >= 0.3 is 11.8 Å². The van der Waals surface area contributed by atoms with Gasteiger partial charge in [0.2, 0.25) is 5.82 Å². The number of carbonyl (C=O) groups is 1. The number of anilines is 1. The number of piperidine rings is 1. The van der Waals surface area contributed by atoms with E-state index in [9.17, 15) is 20.0 Å². The van der Waals surface area contributed by atoms with Gasteiger partial charge in [-0.25, -0.2) is 9.48 Å². The fraction of sp³-hybridized carbons (Fsp3) is 0.765. The molecule has 1 aromatic rings. The van der Waals surface area contributed by atoms with Crippen molar-refractivity contribution in [2.75, 3.05) is 24.5 Å². The summed E-state index contributed by atoms with van der Waals surface area (Å²) in [4.78, 5) is 26.0. The summed E-state index contributed by atoms with van der Waals surface area (Å²) in [6, 6.07) is 0.0276. The maximum absolute atomic E-state index is 11.5. The molecule has 0 saturated carbocycles. The summed E-state index contributed by atoms with van der Waals surface area (Å²) in [5, 5.41) is 25.0. The normalized spacial score (nSPS) is 16.2. The number of nitro groups is 1. The van der Waals surface area contributed by atoms with Crippen molar-refractivity contribution in [3.63, 3.8) is 0 Å². The molecule has 1 fully saturated rings. The molecular weight excluding hydrogens is 338 g/mol. The topological polar surface area (TPSA) is 105 Å². The fourth-order valence-electron chi connectivity index (χ4n) is 3.38. The average molecular weight is 367 g/mol. The number of amides is 1. The highest BCUT2D eigenvalue weighted by Gasteiger charge is 2.33. The highest BCUT2D eigenvalue weighted by molar-refractivity contribution is 5.66. The SMILES string of the molecule is CC(C)n1ncc([N+](=O)[O-])c1N1CCC(CN(C(=O)O)C(C)(C)C)CC1. The van der Waals surface area contributed by atoms with Crippen LogP contribution in [0.2, 0.25) is 0 Å². The molecule has 0 spiro atoms. The molecule has 146 valence electrons. The maximum Gasteiger partial charge on any atom is 0.407 e. The highest BCUT2D eigenvalue weighted by atomic mass is 16.6. The van der Waals surface area contributed by atoms with Crippen LogP contribution in [0.15, 0.2) is 6.20 Å². The van der Waals surface area contributed by atoms with Gasteiger partial charge in [0.15, 0.2) is 0 Å². The van der Waals surface area contributed by atoms with E-state index in [1.54, 1.807) is 4.68 Å². The van der Waals surface area contributed by atoms with Gasteiger partial charge in [-0.3, -0.25) is 10.1 Å². The monoisotopic (exact) mass is 367 g/mol. The van der Waals surface area contributed by atoms with Gasteiger partial charge in [-0.1, -0.05) is 0 Å². The Morgan fingerprint density at radius 3 is 2.42 bits per heavy atom. The van der Waals surface area contributed by atoms with Crippen molar-refractivity contribution < 1.29 is 14.8 Å². The number of nitrogens with zero attached hydrogens (tertiary/aromatic N) is 5. The summed E-state index contributed by atoms with van der Waals surface area (Å²) >= 11 is 0. The molecule has 0 bridgehead atoms. The minimum Gasteiger partial charge on any atom is -0.465 e. The van der Waals surface area contributed by atoms with Crippen LogP contribution in [-0.4, -0.2) is 56.0 Å². The van der Waals surface area contributed by atoms with Gasteiger partial charge in [0.05, 0.1) is 4.92 Å². The van der Waals surface area contributed by atoms with Crippen LogP contribution in [-0.2, 0) is 0 Å². The Kier molecular flexibility index (Phi) is 5.77. The molecule has 9 heteroatoms. The van der Waals surface area contributed by atoms with Crippen molar-refractivity contribution in [3.05, 3.63) is 16.3 Å². The fourth-order valence-corrected chi connectivity index (χ4v) is 3.38. The molecule has 1 N–H and O–H groups in total. The van der Waals surface area contributed by atoms with Crippen molar-refractivity contribution in [3.8, 4) is 0 Å². The number of aromatic nitrogens is 2. The van der Waals surface area contributed by atoms with E-state index >= 15 is 0 Å². The highest BCUT2D eigenvalue weighted by Crippen LogP contribution is 2.33. The van der Waals surface area contributed by atoms with Gasteiger partial charge in [-0.15, -0.1) is 0 Å². The molecule has 0 atom stereocenters. The first-order valence-electron chi connectivity index (χ1n) is 8.99. The predicted octanol–water partition coefficient (Wildman–Crippen LogP) is 3.37. The maximum atomic E-state index is 11.5. The van der Waals surface area contributed by atoms with Crippen LogP contribution in [0, 0.1) is 16.0 Å². The summed E-state index contributed by atoms with van der Waals surface area (Å²) < 4.78 is 1.69. The van der Waals surface area contributed by atoms with E-state index in [2.05, 4.69) is 5.10 Å². The van der Waals surface area contributed by atoms with E-state index in [1.807, 2.05) is 39.5 Å². The lowest BCUT2D eigenvalue weighted by molar-refractivity contribution is -0.384. The zero-order valence-electron chi connectivity index (χ0n) is 16.2. The summed E-state index contributed by atoms with van der Waals surface area (Å²) in [6.07, 6.45) is 1.99. The molecule has 9 nitrogen and oxygen atoms in total. The van der Waals surface area contributed by atoms with Crippen LogP contribution in [0.3, 0.4) is 0 Å². The first-order valence-corrected chi connectivity index (χ1v) is 8.99. The number of rotatable bonds is 5. The van der Waals surface area contributed by atoms with Crippen LogP contribution < -0.4 is 4.90 Å². The van der Waals surface area contributed by atoms with Crippen molar-refractivity contribution in [2.45, 2.75) is 59.0 Å². The average Bonchev–Trinajstić information content (AvgIpc) is 2.97. The van der Waals surface area contributed by atoms with Crippen molar-refractivity contribution in [1.82, 2.24) is 14.7 Å². The van der Waals surface area contributed by atoms with Crippen molar-refractivity contribution >= 4 is 17.6 Å². The second kappa shape index (κ2) is 7.51. The van der Waals surface area contributed by atoms with E-state index in [0.717, 1.165) is 12.8 Å². The van der Waals surface area contributed by atoms with Gasteiger partial charge in [-0.05, 0) is 53.4 Å². The van der Waals surface area contributed by atoms with E-state index in [1.165, 1.54) is 11.1 Å². The van der Waals surface area contributed by atoms with Crippen LogP contribution >= 0.6 is 0 Å². The van der Waals surface area contributed by atoms with E-state index < -0.39 is 11.6 Å². The van der Waals surface area contributed by atoms with E-state index in [0.29, 0.717) is 25.5 Å². The Morgan fingerprint density at radius 1 is 1.42 bits per heavy atom. The van der Waals surface area contributed by atoms with Crippen LogP contribution in [0.25, 0.3) is 0 Å². The molecule has 2 rings (SSSR count). The quantitative estimate of drug-likeness (QED) is 0.632. The smallest absolute Gasteiger partial charge is 0.407 e.